The summed E-state index contributed by atoms with van der Waals surface area (Å²) in [4.78, 5) is 34.2. The van der Waals surface area contributed by atoms with Crippen molar-refractivity contribution in [2.75, 3.05) is 19.8 Å². The first-order valence-corrected chi connectivity index (χ1v) is 13.5. The predicted octanol–water partition coefficient (Wildman–Crippen LogP) is 3.06. The number of pyridine rings is 1. The summed E-state index contributed by atoms with van der Waals surface area (Å²) in [6.45, 7) is 0.733. The summed E-state index contributed by atoms with van der Waals surface area (Å²) < 4.78 is 9.65. The molecule has 1 saturated carbocycles. The number of methoxy groups -OCH3 is 1. The number of benzene rings is 1. The van der Waals surface area contributed by atoms with Crippen molar-refractivity contribution in [1.82, 2.24) is 19.2 Å². The van der Waals surface area contributed by atoms with Crippen molar-refractivity contribution in [3.8, 4) is 17.1 Å². The number of hydrogen-bond acceptors (Lipinski definition) is 6. The van der Waals surface area contributed by atoms with Gasteiger partial charge in [-0.2, -0.15) is 0 Å². The van der Waals surface area contributed by atoms with E-state index in [1.165, 1.54) is 0 Å². The van der Waals surface area contributed by atoms with Gasteiger partial charge in [0.05, 0.1) is 24.2 Å². The topological polar surface area (TPSA) is 124 Å². The van der Waals surface area contributed by atoms with Crippen molar-refractivity contribution >= 4 is 31.0 Å². The average Bonchev–Trinajstić information content (AvgIpc) is 3.32. The molecular weight excluding hydrogens is 465 g/mol. The maximum atomic E-state index is 13.5. The number of carbonyl (C=O) groups is 2. The van der Waals surface area contributed by atoms with E-state index < -0.39 is 14.0 Å². The molecule has 2 bridgehead atoms. The molecule has 2 saturated heterocycles. The SMILES string of the molecule is COc1cc(C(=O)N2C[C@H]3CCP2[C@@H]3N)cc2nc(-c3cccnc3CC3CC3C(=O)O)n(C)c12. The van der Waals surface area contributed by atoms with Gasteiger partial charge < -0.3 is 24.8 Å². The first-order chi connectivity index (χ1) is 16.9. The molecule has 3 N–H and O–H groups in total. The lowest BCUT2D eigenvalue weighted by Gasteiger charge is -2.27. The second kappa shape index (κ2) is 8.28. The molecule has 0 radical (unpaired) electrons. The van der Waals surface area contributed by atoms with E-state index in [4.69, 9.17) is 15.5 Å². The molecule has 182 valence electrons. The van der Waals surface area contributed by atoms with Crippen LogP contribution in [0.1, 0.15) is 28.9 Å². The fraction of sp³-hybridized carbons (Fsp3) is 0.440. The number of amides is 1. The standard InChI is InChI=1S/C25H28N5O4P/c1-29-21-19(28-23(29)16-4-3-6-27-18(16)9-14-8-17(14)25(32)33)10-15(11-20(21)34-2)24(31)30-12-13-5-7-35(30)22(13)26/h3-4,6,10-11,13-14,17,22H,5,7-9,12,26H2,1-2H3,(H,32,33)/t13-,14?,17?,22+,35?/m1/s1. The van der Waals surface area contributed by atoms with Gasteiger partial charge in [0.2, 0.25) is 0 Å². The zero-order valence-electron chi connectivity index (χ0n) is 19.7. The number of rotatable bonds is 6. The van der Waals surface area contributed by atoms with Gasteiger partial charge in [-0.1, -0.05) is 0 Å². The highest BCUT2D eigenvalue weighted by Gasteiger charge is 2.47. The molecule has 2 aromatic heterocycles. The van der Waals surface area contributed by atoms with Gasteiger partial charge in [0.1, 0.15) is 17.1 Å². The molecule has 9 nitrogen and oxygen atoms in total. The number of nitrogens with zero attached hydrogens (tertiary/aromatic N) is 4. The van der Waals surface area contributed by atoms with Gasteiger partial charge in [-0.3, -0.25) is 14.6 Å². The van der Waals surface area contributed by atoms with Crippen molar-refractivity contribution in [1.29, 1.82) is 0 Å². The molecule has 1 aliphatic carbocycles. The zero-order valence-corrected chi connectivity index (χ0v) is 20.6. The van der Waals surface area contributed by atoms with Crippen LogP contribution in [0.2, 0.25) is 0 Å². The van der Waals surface area contributed by atoms with Crippen molar-refractivity contribution in [3.05, 3.63) is 41.7 Å². The quantitative estimate of drug-likeness (QED) is 0.506. The lowest BCUT2D eigenvalue weighted by Crippen LogP contribution is -2.28. The summed E-state index contributed by atoms with van der Waals surface area (Å²) in [5.41, 5.74) is 10.1. The predicted molar refractivity (Wildman–Crippen MR) is 132 cm³/mol. The molecule has 3 aromatic rings. The van der Waals surface area contributed by atoms with Crippen LogP contribution in [-0.2, 0) is 18.3 Å². The lowest BCUT2D eigenvalue weighted by molar-refractivity contribution is -0.138. The van der Waals surface area contributed by atoms with E-state index in [1.54, 1.807) is 19.4 Å². The smallest absolute Gasteiger partial charge is 0.306 e. The van der Waals surface area contributed by atoms with Gasteiger partial charge >= 0.3 is 5.97 Å². The Bertz CT molecular complexity index is 1360. The molecule has 0 spiro atoms. The Labute approximate surface area is 204 Å². The van der Waals surface area contributed by atoms with Gasteiger partial charge in [-0.05, 0) is 61.5 Å². The Hall–Kier alpha value is -3.03. The van der Waals surface area contributed by atoms with Crippen LogP contribution >= 0.6 is 8.07 Å². The van der Waals surface area contributed by atoms with Gasteiger partial charge in [0.25, 0.3) is 5.91 Å². The van der Waals surface area contributed by atoms with E-state index in [1.807, 2.05) is 34.5 Å². The van der Waals surface area contributed by atoms with Crippen LogP contribution in [0.15, 0.2) is 30.5 Å². The summed E-state index contributed by atoms with van der Waals surface area (Å²) in [6.07, 6.45) is 5.14. The summed E-state index contributed by atoms with van der Waals surface area (Å²) >= 11 is 0. The third kappa shape index (κ3) is 3.60. The van der Waals surface area contributed by atoms with E-state index in [2.05, 4.69) is 4.98 Å². The first kappa shape index (κ1) is 22.4. The Balaban J connectivity index is 1.38. The van der Waals surface area contributed by atoms with Gasteiger partial charge in [-0.25, -0.2) is 4.98 Å². The second-order valence-electron chi connectivity index (χ2n) is 9.77. The van der Waals surface area contributed by atoms with E-state index in [-0.39, 0.29) is 23.5 Å². The Morgan fingerprint density at radius 1 is 1.34 bits per heavy atom. The monoisotopic (exact) mass is 493 g/mol. The molecule has 6 rings (SSSR count). The number of ether oxygens (including phenoxy) is 1. The molecule has 10 heteroatoms. The number of aromatic nitrogens is 3. The number of nitrogens with two attached hydrogens (primary N) is 1. The number of aliphatic carboxylic acids is 1. The average molecular weight is 494 g/mol. The minimum absolute atomic E-state index is 0.00308. The van der Waals surface area contributed by atoms with Crippen molar-refractivity contribution < 1.29 is 19.4 Å². The Kier molecular flexibility index (Phi) is 5.31. The van der Waals surface area contributed by atoms with E-state index >= 15 is 0 Å². The molecule has 1 aromatic carbocycles. The number of imidazole rings is 1. The van der Waals surface area contributed by atoms with E-state index in [0.717, 1.165) is 35.9 Å². The number of hydrogen-bond donors (Lipinski definition) is 2. The number of carboxylic acid groups (broad SMARTS) is 1. The fourth-order valence-corrected chi connectivity index (χ4v) is 8.63. The summed E-state index contributed by atoms with van der Waals surface area (Å²) in [6, 6.07) is 7.47. The molecule has 2 aliphatic heterocycles. The molecule has 3 unspecified atom stereocenters. The maximum Gasteiger partial charge on any atom is 0.306 e. The van der Waals surface area contributed by atoms with Crippen LogP contribution in [0, 0.1) is 17.8 Å². The highest BCUT2D eigenvalue weighted by molar-refractivity contribution is 7.57. The van der Waals surface area contributed by atoms with Crippen molar-refractivity contribution in [3.63, 3.8) is 0 Å². The summed E-state index contributed by atoms with van der Waals surface area (Å²) in [5.74, 6) is 0.888. The van der Waals surface area contributed by atoms with E-state index in [9.17, 15) is 14.7 Å². The van der Waals surface area contributed by atoms with Crippen molar-refractivity contribution in [2.24, 2.45) is 30.5 Å². The molecule has 35 heavy (non-hydrogen) atoms. The number of carbonyl (C=O) groups excluding carboxylic acids is 1. The normalized spacial score (nSPS) is 26.9. The van der Waals surface area contributed by atoms with Gasteiger partial charge in [0.15, 0.2) is 0 Å². The molecule has 5 atom stereocenters. The molecule has 3 aliphatic rings. The largest absolute Gasteiger partial charge is 0.494 e. The Morgan fingerprint density at radius 3 is 2.83 bits per heavy atom. The minimum atomic E-state index is -0.745. The summed E-state index contributed by atoms with van der Waals surface area (Å²) in [7, 11) is 2.90. The number of fused-ring (bicyclic) bond motifs is 3. The third-order valence-electron chi connectivity index (χ3n) is 7.74. The molecule has 4 heterocycles. The van der Waals surface area contributed by atoms with E-state index in [0.29, 0.717) is 41.4 Å². The fourth-order valence-electron chi connectivity index (χ4n) is 5.68. The maximum absolute atomic E-state index is 13.5. The second-order valence-corrected chi connectivity index (χ2v) is 12.2. The lowest BCUT2D eigenvalue weighted by atomic mass is 10.1. The number of aryl methyl sites for hydroxylation is 1. The highest BCUT2D eigenvalue weighted by Crippen LogP contribution is 2.60. The molecule has 1 amide bonds. The van der Waals surface area contributed by atoms with Crippen molar-refractivity contribution in [2.45, 2.75) is 25.0 Å². The van der Waals surface area contributed by atoms with Gasteiger partial charge in [0, 0.05) is 44.8 Å². The van der Waals surface area contributed by atoms with Gasteiger partial charge in [-0.15, -0.1) is 0 Å². The summed E-state index contributed by atoms with van der Waals surface area (Å²) in [5, 5.41) is 9.30. The molecule has 3 fully saturated rings. The zero-order chi connectivity index (χ0) is 24.4. The first-order valence-electron chi connectivity index (χ1n) is 11.9. The van der Waals surface area contributed by atoms with Crippen LogP contribution < -0.4 is 10.5 Å². The minimum Gasteiger partial charge on any atom is -0.494 e. The highest BCUT2D eigenvalue weighted by atomic mass is 31.1. The van der Waals surface area contributed by atoms with Crippen LogP contribution in [0.25, 0.3) is 22.4 Å². The van der Waals surface area contributed by atoms with Crippen LogP contribution in [-0.4, -0.2) is 61.8 Å². The van der Waals surface area contributed by atoms with Crippen LogP contribution in [0.5, 0.6) is 5.75 Å². The third-order valence-corrected chi connectivity index (χ3v) is 10.5. The molecular formula is C25H28N5O4P. The number of carboxylic acids is 1. The Morgan fingerprint density at radius 2 is 2.17 bits per heavy atom. The van der Waals surface area contributed by atoms with Crippen LogP contribution in [0.3, 0.4) is 0 Å². The van der Waals surface area contributed by atoms with Crippen LogP contribution in [0.4, 0.5) is 0 Å².